The maximum absolute atomic E-state index is 5.71. The highest BCUT2D eigenvalue weighted by Gasteiger charge is 1.93. The molecule has 0 amide bonds. The van der Waals surface area contributed by atoms with Crippen molar-refractivity contribution >= 4 is 29.0 Å². The quantitative estimate of drug-likeness (QED) is 0.600. The Kier molecular flexibility index (Phi) is 5.72. The lowest BCUT2D eigenvalue weighted by molar-refractivity contribution is 0.746. The summed E-state index contributed by atoms with van der Waals surface area (Å²) in [6, 6.07) is 3.71. The van der Waals surface area contributed by atoms with Gasteiger partial charge >= 0.3 is 0 Å². The molecule has 0 aliphatic rings. The molecule has 1 aromatic heterocycles. The number of nitrogens with one attached hydrogen (secondary N) is 1. The van der Waals surface area contributed by atoms with Crippen molar-refractivity contribution in [1.82, 2.24) is 4.98 Å². The molecule has 0 aromatic carbocycles. The van der Waals surface area contributed by atoms with Gasteiger partial charge < -0.3 is 5.32 Å². The summed E-state index contributed by atoms with van der Waals surface area (Å²) in [5, 5.41) is 3.88. The van der Waals surface area contributed by atoms with Crippen LogP contribution in [0.1, 0.15) is 19.3 Å². The number of hydrogen-bond donors (Lipinski definition) is 1. The van der Waals surface area contributed by atoms with Crippen LogP contribution in [0.4, 0.5) is 5.82 Å². The number of hydrogen-bond acceptors (Lipinski definition) is 2. The van der Waals surface area contributed by atoms with E-state index < -0.39 is 0 Å². The molecule has 2 nitrogen and oxygen atoms in total. The Bertz CT molecular complexity index is 249. The second-order valence-corrected chi connectivity index (χ2v) is 3.85. The van der Waals surface area contributed by atoms with Gasteiger partial charge in [-0.05, 0) is 25.0 Å². The van der Waals surface area contributed by atoms with E-state index in [-0.39, 0.29) is 0 Å². The summed E-state index contributed by atoms with van der Waals surface area (Å²) in [6.07, 6.45) is 5.00. The first-order chi connectivity index (χ1) is 6.83. The molecular formula is C10H14Cl2N2. The van der Waals surface area contributed by atoms with E-state index in [1.807, 2.05) is 12.1 Å². The van der Waals surface area contributed by atoms with Gasteiger partial charge in [0.2, 0.25) is 0 Å². The molecule has 0 spiro atoms. The van der Waals surface area contributed by atoms with Crippen LogP contribution in [0.5, 0.6) is 0 Å². The molecule has 0 aliphatic carbocycles. The topological polar surface area (TPSA) is 24.9 Å². The number of unbranched alkanes of at least 4 members (excludes halogenated alkanes) is 2. The molecule has 1 aromatic rings. The van der Waals surface area contributed by atoms with Crippen molar-refractivity contribution in [2.24, 2.45) is 0 Å². The predicted molar refractivity (Wildman–Crippen MR) is 62.3 cm³/mol. The van der Waals surface area contributed by atoms with Crippen LogP contribution in [0.2, 0.25) is 5.02 Å². The molecule has 1 rings (SSSR count). The van der Waals surface area contributed by atoms with E-state index in [2.05, 4.69) is 10.3 Å². The summed E-state index contributed by atoms with van der Waals surface area (Å²) in [4.78, 5) is 4.13. The molecule has 0 atom stereocenters. The number of aromatic nitrogens is 1. The average molecular weight is 233 g/mol. The van der Waals surface area contributed by atoms with Gasteiger partial charge in [0.1, 0.15) is 5.82 Å². The first-order valence-electron chi connectivity index (χ1n) is 4.74. The van der Waals surface area contributed by atoms with Gasteiger partial charge in [0.15, 0.2) is 0 Å². The Labute approximate surface area is 94.6 Å². The van der Waals surface area contributed by atoms with Crippen LogP contribution in [0.15, 0.2) is 18.3 Å². The number of alkyl halides is 1. The van der Waals surface area contributed by atoms with Crippen LogP contribution in [0.25, 0.3) is 0 Å². The van der Waals surface area contributed by atoms with E-state index in [1.165, 1.54) is 0 Å². The zero-order valence-corrected chi connectivity index (χ0v) is 9.48. The number of pyridine rings is 1. The van der Waals surface area contributed by atoms with E-state index in [1.54, 1.807) is 6.20 Å². The van der Waals surface area contributed by atoms with Gasteiger partial charge in [0, 0.05) is 18.6 Å². The zero-order chi connectivity index (χ0) is 10.2. The summed E-state index contributed by atoms with van der Waals surface area (Å²) in [5.74, 6) is 1.62. The second kappa shape index (κ2) is 6.91. The summed E-state index contributed by atoms with van der Waals surface area (Å²) in [7, 11) is 0. The smallest absolute Gasteiger partial charge is 0.125 e. The Balaban J connectivity index is 2.15. The highest BCUT2D eigenvalue weighted by Crippen LogP contribution is 2.09. The lowest BCUT2D eigenvalue weighted by atomic mass is 10.2. The van der Waals surface area contributed by atoms with Gasteiger partial charge in [0.25, 0.3) is 0 Å². The van der Waals surface area contributed by atoms with E-state index >= 15 is 0 Å². The fourth-order valence-electron chi connectivity index (χ4n) is 1.09. The highest BCUT2D eigenvalue weighted by molar-refractivity contribution is 6.30. The van der Waals surface area contributed by atoms with E-state index in [4.69, 9.17) is 23.2 Å². The maximum atomic E-state index is 5.71. The molecule has 0 aliphatic heterocycles. The largest absolute Gasteiger partial charge is 0.370 e. The van der Waals surface area contributed by atoms with Crippen LogP contribution in [0, 0.1) is 0 Å². The fraction of sp³-hybridized carbons (Fsp3) is 0.500. The third kappa shape index (κ3) is 4.68. The molecule has 0 fully saturated rings. The van der Waals surface area contributed by atoms with E-state index in [0.717, 1.165) is 37.5 Å². The van der Waals surface area contributed by atoms with Crippen molar-refractivity contribution < 1.29 is 0 Å². The molecular weight excluding hydrogens is 219 g/mol. The van der Waals surface area contributed by atoms with Crippen LogP contribution < -0.4 is 5.32 Å². The minimum atomic E-state index is 0.665. The Morgan fingerprint density at radius 2 is 2.07 bits per heavy atom. The van der Waals surface area contributed by atoms with Gasteiger partial charge in [-0.2, -0.15) is 0 Å². The molecule has 0 radical (unpaired) electrons. The molecule has 0 saturated carbocycles. The molecule has 0 saturated heterocycles. The third-order valence-electron chi connectivity index (χ3n) is 1.84. The Morgan fingerprint density at radius 3 is 2.71 bits per heavy atom. The number of rotatable bonds is 6. The average Bonchev–Trinajstić information content (AvgIpc) is 2.21. The van der Waals surface area contributed by atoms with Crippen molar-refractivity contribution in [3.8, 4) is 0 Å². The van der Waals surface area contributed by atoms with Gasteiger partial charge in [-0.3, -0.25) is 0 Å². The monoisotopic (exact) mass is 232 g/mol. The summed E-state index contributed by atoms with van der Waals surface area (Å²) >= 11 is 11.3. The fourth-order valence-corrected chi connectivity index (χ4v) is 1.39. The van der Waals surface area contributed by atoms with Gasteiger partial charge in [0.05, 0.1) is 5.02 Å². The van der Waals surface area contributed by atoms with Crippen molar-refractivity contribution in [1.29, 1.82) is 0 Å². The van der Waals surface area contributed by atoms with Crippen molar-refractivity contribution in [3.63, 3.8) is 0 Å². The number of anilines is 1. The SMILES string of the molecule is ClCCCCCNc1ccc(Cl)cn1. The maximum Gasteiger partial charge on any atom is 0.125 e. The van der Waals surface area contributed by atoms with Gasteiger partial charge in [-0.15, -0.1) is 11.6 Å². The molecule has 4 heteroatoms. The standard InChI is InChI=1S/C10H14Cl2N2/c11-6-2-1-3-7-13-10-5-4-9(12)8-14-10/h4-5,8H,1-3,6-7H2,(H,13,14). The van der Waals surface area contributed by atoms with Crippen molar-refractivity contribution in [2.45, 2.75) is 19.3 Å². The van der Waals surface area contributed by atoms with Crippen LogP contribution in [-0.4, -0.2) is 17.4 Å². The van der Waals surface area contributed by atoms with Gasteiger partial charge in [-0.1, -0.05) is 18.0 Å². The molecule has 78 valence electrons. The van der Waals surface area contributed by atoms with Gasteiger partial charge in [-0.25, -0.2) is 4.98 Å². The van der Waals surface area contributed by atoms with Crippen LogP contribution in [0.3, 0.4) is 0 Å². The molecule has 0 unspecified atom stereocenters. The summed E-state index contributed by atoms with van der Waals surface area (Å²) in [6.45, 7) is 0.936. The van der Waals surface area contributed by atoms with Crippen molar-refractivity contribution in [3.05, 3.63) is 23.4 Å². The molecule has 1 N–H and O–H groups in total. The minimum absolute atomic E-state index is 0.665. The Morgan fingerprint density at radius 1 is 1.21 bits per heavy atom. The van der Waals surface area contributed by atoms with Crippen LogP contribution >= 0.6 is 23.2 Å². The molecule has 1 heterocycles. The predicted octanol–water partition coefficient (Wildman–Crippen LogP) is 3.56. The van der Waals surface area contributed by atoms with Crippen molar-refractivity contribution in [2.75, 3.05) is 17.7 Å². The van der Waals surface area contributed by atoms with E-state index in [0.29, 0.717) is 5.02 Å². The zero-order valence-electron chi connectivity index (χ0n) is 7.97. The van der Waals surface area contributed by atoms with E-state index in [9.17, 15) is 0 Å². The third-order valence-corrected chi connectivity index (χ3v) is 2.33. The Hall–Kier alpha value is -0.470. The normalized spacial score (nSPS) is 10.1. The number of halogens is 2. The molecule has 14 heavy (non-hydrogen) atoms. The first kappa shape index (κ1) is 11.6. The lowest BCUT2D eigenvalue weighted by Crippen LogP contribution is -2.02. The summed E-state index contributed by atoms with van der Waals surface area (Å²) < 4.78 is 0. The first-order valence-corrected chi connectivity index (χ1v) is 5.65. The lowest BCUT2D eigenvalue weighted by Gasteiger charge is -2.04. The molecule has 0 bridgehead atoms. The minimum Gasteiger partial charge on any atom is -0.370 e. The van der Waals surface area contributed by atoms with Crippen LogP contribution in [-0.2, 0) is 0 Å². The highest BCUT2D eigenvalue weighted by atomic mass is 35.5. The second-order valence-electron chi connectivity index (χ2n) is 3.04. The number of nitrogens with zero attached hydrogens (tertiary/aromatic N) is 1. The summed E-state index contributed by atoms with van der Waals surface area (Å²) in [5.41, 5.74) is 0.